The van der Waals surface area contributed by atoms with Crippen LogP contribution in [-0.4, -0.2) is 4.40 Å². The van der Waals surface area contributed by atoms with Gasteiger partial charge in [-0.1, -0.05) is 50.2 Å². The number of imidazole rings is 1. The molecule has 2 heterocycles. The van der Waals surface area contributed by atoms with Crippen molar-refractivity contribution >= 4 is 27.3 Å². The number of fused-ring (bicyclic) bond motifs is 6. The molecule has 0 aliphatic carbocycles. The third kappa shape index (κ3) is 1.83. The van der Waals surface area contributed by atoms with Gasteiger partial charge in [-0.2, -0.15) is 4.40 Å². The number of rotatable bonds is 2. The van der Waals surface area contributed by atoms with Crippen molar-refractivity contribution in [2.75, 3.05) is 0 Å². The summed E-state index contributed by atoms with van der Waals surface area (Å²) in [5.74, 6) is 0.631. The van der Waals surface area contributed by atoms with Crippen LogP contribution in [-0.2, 0) is 6.54 Å². The van der Waals surface area contributed by atoms with Gasteiger partial charge in [0.25, 0.3) is 5.65 Å². The van der Waals surface area contributed by atoms with Crippen molar-refractivity contribution in [1.29, 1.82) is 0 Å². The van der Waals surface area contributed by atoms with Crippen LogP contribution in [0.1, 0.15) is 13.8 Å². The van der Waals surface area contributed by atoms with E-state index in [9.17, 15) is 0 Å². The van der Waals surface area contributed by atoms with Crippen LogP contribution in [0.5, 0.6) is 0 Å². The molecule has 4 aromatic rings. The highest BCUT2D eigenvalue weighted by molar-refractivity contribution is 6.10. The van der Waals surface area contributed by atoms with E-state index in [0.717, 1.165) is 6.54 Å². The summed E-state index contributed by atoms with van der Waals surface area (Å²) in [7, 11) is 0. The van der Waals surface area contributed by atoms with Gasteiger partial charge in [-0.15, -0.1) is 0 Å². The molecule has 4 rings (SSSR count). The molecule has 0 spiro atoms. The van der Waals surface area contributed by atoms with Crippen LogP contribution in [0.15, 0.2) is 60.9 Å². The Morgan fingerprint density at radius 1 is 0.905 bits per heavy atom. The van der Waals surface area contributed by atoms with Gasteiger partial charge in [0, 0.05) is 10.8 Å². The van der Waals surface area contributed by atoms with Crippen molar-refractivity contribution in [3.8, 4) is 0 Å². The standard InChI is InChI=1S/C19H19N2/c1-14(2)13-20-11-12-21-18-10-6-5-8-16(18)15-7-3-4-9-17(15)19(20)21/h3-12,14H,13H2,1-2H3/q+1. The van der Waals surface area contributed by atoms with E-state index >= 15 is 0 Å². The lowest BCUT2D eigenvalue weighted by Crippen LogP contribution is -2.35. The highest BCUT2D eigenvalue weighted by Gasteiger charge is 2.18. The first-order chi connectivity index (χ1) is 10.3. The molecule has 104 valence electrons. The van der Waals surface area contributed by atoms with Crippen LogP contribution in [0.25, 0.3) is 27.3 Å². The van der Waals surface area contributed by atoms with Gasteiger partial charge < -0.3 is 0 Å². The molecule has 0 aliphatic rings. The highest BCUT2D eigenvalue weighted by Crippen LogP contribution is 2.27. The molecular weight excluding hydrogens is 256 g/mol. The highest BCUT2D eigenvalue weighted by atomic mass is 15.1. The van der Waals surface area contributed by atoms with E-state index in [1.807, 2.05) is 0 Å². The smallest absolute Gasteiger partial charge is 0.229 e. The Morgan fingerprint density at radius 3 is 2.33 bits per heavy atom. The van der Waals surface area contributed by atoms with Crippen LogP contribution >= 0.6 is 0 Å². The second-order valence-corrected chi connectivity index (χ2v) is 6.10. The molecular formula is C19H19N2+. The lowest BCUT2D eigenvalue weighted by Gasteiger charge is -2.06. The predicted molar refractivity (Wildman–Crippen MR) is 87.4 cm³/mol. The molecule has 0 unspecified atom stereocenters. The van der Waals surface area contributed by atoms with Gasteiger partial charge in [0.15, 0.2) is 0 Å². The minimum Gasteiger partial charge on any atom is -0.229 e. The third-order valence-corrected chi connectivity index (χ3v) is 4.08. The maximum Gasteiger partial charge on any atom is 0.294 e. The topological polar surface area (TPSA) is 8.29 Å². The van der Waals surface area contributed by atoms with E-state index < -0.39 is 0 Å². The summed E-state index contributed by atoms with van der Waals surface area (Å²) in [5, 5.41) is 3.96. The quantitative estimate of drug-likeness (QED) is 0.383. The summed E-state index contributed by atoms with van der Waals surface area (Å²) in [6.45, 7) is 5.57. The van der Waals surface area contributed by atoms with Crippen molar-refractivity contribution < 1.29 is 4.57 Å². The maximum atomic E-state index is 2.37. The number of aromatic nitrogens is 2. The van der Waals surface area contributed by atoms with Crippen molar-refractivity contribution in [2.45, 2.75) is 20.4 Å². The fourth-order valence-corrected chi connectivity index (χ4v) is 3.27. The van der Waals surface area contributed by atoms with Crippen LogP contribution in [0.2, 0.25) is 0 Å². The molecule has 0 fully saturated rings. The number of benzene rings is 2. The Kier molecular flexibility index (Phi) is 2.71. The fraction of sp³-hybridized carbons (Fsp3) is 0.211. The number of nitrogens with zero attached hydrogens (tertiary/aromatic N) is 2. The summed E-state index contributed by atoms with van der Waals surface area (Å²) in [6.07, 6.45) is 4.39. The average molecular weight is 275 g/mol. The minimum atomic E-state index is 0.631. The van der Waals surface area contributed by atoms with Crippen LogP contribution in [0, 0.1) is 5.92 Å². The predicted octanol–water partition coefficient (Wildman–Crippen LogP) is 4.19. The molecule has 0 atom stereocenters. The van der Waals surface area contributed by atoms with Gasteiger partial charge in [-0.05, 0) is 18.1 Å². The monoisotopic (exact) mass is 275 g/mol. The van der Waals surface area contributed by atoms with Crippen molar-refractivity contribution in [3.05, 3.63) is 60.9 Å². The second kappa shape index (κ2) is 4.59. The van der Waals surface area contributed by atoms with E-state index in [2.05, 4.69) is 83.7 Å². The van der Waals surface area contributed by atoms with Crippen LogP contribution in [0.3, 0.4) is 0 Å². The lowest BCUT2D eigenvalue weighted by atomic mass is 10.1. The maximum absolute atomic E-state index is 2.37. The number of pyridine rings is 1. The van der Waals surface area contributed by atoms with E-state index in [-0.39, 0.29) is 0 Å². The van der Waals surface area contributed by atoms with Crippen molar-refractivity contribution in [3.63, 3.8) is 0 Å². The molecule has 2 aromatic heterocycles. The van der Waals surface area contributed by atoms with Crippen LogP contribution in [0.4, 0.5) is 0 Å². The number of hydrogen-bond donors (Lipinski definition) is 0. The molecule has 2 aromatic carbocycles. The van der Waals surface area contributed by atoms with Gasteiger partial charge >= 0.3 is 0 Å². The summed E-state index contributed by atoms with van der Waals surface area (Å²) in [6, 6.07) is 17.4. The molecule has 0 aliphatic heterocycles. The zero-order valence-corrected chi connectivity index (χ0v) is 12.5. The van der Waals surface area contributed by atoms with Gasteiger partial charge in [-0.25, -0.2) is 4.57 Å². The Balaban J connectivity index is 2.24. The molecule has 0 bridgehead atoms. The normalized spacial score (nSPS) is 12.0. The zero-order chi connectivity index (χ0) is 14.4. The summed E-state index contributed by atoms with van der Waals surface area (Å²) in [4.78, 5) is 0. The summed E-state index contributed by atoms with van der Waals surface area (Å²) >= 11 is 0. The van der Waals surface area contributed by atoms with Crippen molar-refractivity contribution in [2.24, 2.45) is 5.92 Å². The van der Waals surface area contributed by atoms with Gasteiger partial charge in [0.1, 0.15) is 17.9 Å². The van der Waals surface area contributed by atoms with Crippen molar-refractivity contribution in [1.82, 2.24) is 4.40 Å². The van der Waals surface area contributed by atoms with E-state index in [4.69, 9.17) is 0 Å². The molecule has 0 radical (unpaired) electrons. The van der Waals surface area contributed by atoms with E-state index in [0.29, 0.717) is 5.92 Å². The Hall–Kier alpha value is -2.35. The second-order valence-electron chi connectivity index (χ2n) is 6.10. The first-order valence-electron chi connectivity index (χ1n) is 7.55. The van der Waals surface area contributed by atoms with Gasteiger partial charge in [-0.3, -0.25) is 0 Å². The lowest BCUT2D eigenvalue weighted by molar-refractivity contribution is -0.675. The molecule has 2 nitrogen and oxygen atoms in total. The first kappa shape index (κ1) is 12.4. The fourth-order valence-electron chi connectivity index (χ4n) is 3.27. The molecule has 0 saturated carbocycles. The zero-order valence-electron chi connectivity index (χ0n) is 12.5. The molecule has 0 saturated heterocycles. The molecule has 2 heteroatoms. The number of hydrogen-bond acceptors (Lipinski definition) is 0. The SMILES string of the molecule is CC(C)C[n+]1ccn2c3ccccc3c3ccccc3c21. The summed E-state index contributed by atoms with van der Waals surface area (Å²) < 4.78 is 4.69. The Morgan fingerprint density at radius 2 is 1.57 bits per heavy atom. The van der Waals surface area contributed by atoms with E-state index in [1.165, 1.54) is 27.3 Å². The summed E-state index contributed by atoms with van der Waals surface area (Å²) in [5.41, 5.74) is 2.56. The third-order valence-electron chi connectivity index (χ3n) is 4.08. The van der Waals surface area contributed by atoms with Gasteiger partial charge in [0.05, 0.1) is 11.9 Å². The minimum absolute atomic E-state index is 0.631. The molecule has 21 heavy (non-hydrogen) atoms. The molecule has 0 amide bonds. The van der Waals surface area contributed by atoms with Gasteiger partial charge in [0.2, 0.25) is 0 Å². The van der Waals surface area contributed by atoms with E-state index in [1.54, 1.807) is 0 Å². The Labute approximate surface area is 124 Å². The largest absolute Gasteiger partial charge is 0.294 e. The Bertz CT molecular complexity index is 948. The molecule has 0 N–H and O–H groups in total. The first-order valence-corrected chi connectivity index (χ1v) is 7.55. The van der Waals surface area contributed by atoms with Crippen LogP contribution < -0.4 is 4.57 Å². The number of para-hydroxylation sites is 1. The average Bonchev–Trinajstić information content (AvgIpc) is 2.91.